The summed E-state index contributed by atoms with van der Waals surface area (Å²) in [7, 11) is 1.69. The number of hydrogen-bond donors (Lipinski definition) is 0. The Bertz CT molecular complexity index is 1190. The van der Waals surface area contributed by atoms with Crippen molar-refractivity contribution in [2.45, 2.75) is 65.2 Å². The van der Waals surface area contributed by atoms with Crippen LogP contribution < -0.4 is 4.74 Å². The van der Waals surface area contributed by atoms with Crippen LogP contribution in [0, 0.1) is 5.92 Å². The molecule has 5 heteroatoms. The third kappa shape index (κ3) is 5.90. The molecule has 2 atom stereocenters. The van der Waals surface area contributed by atoms with E-state index in [-0.39, 0.29) is 5.29 Å². The van der Waals surface area contributed by atoms with Gasteiger partial charge in [-0.3, -0.25) is 0 Å². The Hall–Kier alpha value is -2.36. The smallest absolute Gasteiger partial charge is 0.224 e. The second-order valence-electron chi connectivity index (χ2n) is 9.56. The maximum atomic E-state index is 6.34. The molecule has 0 bridgehead atoms. The van der Waals surface area contributed by atoms with Crippen molar-refractivity contribution in [3.05, 3.63) is 70.4 Å². The van der Waals surface area contributed by atoms with Crippen molar-refractivity contribution in [1.29, 1.82) is 0 Å². The molecule has 184 valence electrons. The second-order valence-corrected chi connectivity index (χ2v) is 10.3. The molecule has 0 saturated carbocycles. The fourth-order valence-corrected chi connectivity index (χ4v) is 5.45. The molecule has 35 heavy (non-hydrogen) atoms. The van der Waals surface area contributed by atoms with E-state index in [1.54, 1.807) is 7.11 Å². The van der Waals surface area contributed by atoms with Gasteiger partial charge in [0.25, 0.3) is 0 Å². The number of unbranched alkanes of at least 4 members (excludes halogenated alkanes) is 1. The topological polar surface area (TPSA) is 34.0 Å². The van der Waals surface area contributed by atoms with Gasteiger partial charge in [0.05, 0.1) is 12.8 Å². The van der Waals surface area contributed by atoms with Crippen LogP contribution in [-0.2, 0) is 0 Å². The number of benzene rings is 2. The molecule has 2 aromatic carbocycles. The first-order valence-electron chi connectivity index (χ1n) is 12.6. The lowest BCUT2D eigenvalue weighted by Crippen LogP contribution is -2.05. The molecule has 2 aliphatic rings. The van der Waals surface area contributed by atoms with Gasteiger partial charge < -0.3 is 4.74 Å². The molecule has 0 N–H and O–H groups in total. The number of rotatable bonds is 9. The summed E-state index contributed by atoms with van der Waals surface area (Å²) in [6, 6.07) is 15.1. The number of halogens is 2. The molecule has 1 aliphatic heterocycles. The standard InChI is InChI=1S/C30H34Cl2N2O/c1-5-7-8-20(6-2)16-23-18-27(28-15-19(3)29(31)34-30(32)33-28)26-17-22(11-14-25(23)26)21-9-12-24(35-4)13-10-21/h9-14,17-18,20,23H,5-8,15-16H2,1-4H3. The quantitative estimate of drug-likeness (QED) is 0.310. The van der Waals surface area contributed by atoms with Crippen LogP contribution in [0.15, 0.2) is 69.3 Å². The predicted octanol–water partition coefficient (Wildman–Crippen LogP) is 9.36. The van der Waals surface area contributed by atoms with Crippen molar-refractivity contribution >= 4 is 39.8 Å². The summed E-state index contributed by atoms with van der Waals surface area (Å²) in [5.74, 6) is 1.93. The van der Waals surface area contributed by atoms with Gasteiger partial charge in [0.2, 0.25) is 5.29 Å². The number of ether oxygens (including phenoxy) is 1. The monoisotopic (exact) mass is 508 g/mol. The summed E-state index contributed by atoms with van der Waals surface area (Å²) >= 11 is 12.7. The summed E-state index contributed by atoms with van der Waals surface area (Å²) < 4.78 is 5.34. The van der Waals surface area contributed by atoms with Crippen LogP contribution in [0.5, 0.6) is 5.75 Å². The Kier molecular flexibility index (Phi) is 8.51. The van der Waals surface area contributed by atoms with E-state index in [0.29, 0.717) is 23.4 Å². The van der Waals surface area contributed by atoms with Crippen LogP contribution in [-0.4, -0.2) is 18.1 Å². The van der Waals surface area contributed by atoms with E-state index in [4.69, 9.17) is 27.9 Å². The largest absolute Gasteiger partial charge is 0.497 e. The minimum Gasteiger partial charge on any atom is -0.497 e. The molecule has 1 heterocycles. The first-order valence-corrected chi connectivity index (χ1v) is 13.4. The number of nitrogens with zero attached hydrogens (tertiary/aromatic N) is 2. The minimum atomic E-state index is 0.188. The Morgan fingerprint density at radius 3 is 2.46 bits per heavy atom. The normalized spacial score (nSPS) is 18.5. The van der Waals surface area contributed by atoms with Gasteiger partial charge in [0.15, 0.2) is 0 Å². The summed E-state index contributed by atoms with van der Waals surface area (Å²) in [5.41, 5.74) is 8.02. The molecular weight excluding hydrogens is 475 g/mol. The van der Waals surface area contributed by atoms with Crippen molar-refractivity contribution < 1.29 is 4.74 Å². The third-order valence-electron chi connectivity index (χ3n) is 7.18. The molecule has 0 saturated heterocycles. The highest BCUT2D eigenvalue weighted by molar-refractivity contribution is 6.66. The van der Waals surface area contributed by atoms with Gasteiger partial charge in [-0.2, -0.15) is 0 Å². The molecule has 0 aromatic heterocycles. The van der Waals surface area contributed by atoms with Gasteiger partial charge in [0.1, 0.15) is 10.9 Å². The van der Waals surface area contributed by atoms with E-state index >= 15 is 0 Å². The highest BCUT2D eigenvalue weighted by Gasteiger charge is 2.29. The fraction of sp³-hybridized carbons (Fsp3) is 0.400. The molecule has 0 fully saturated rings. The first-order chi connectivity index (χ1) is 16.9. The van der Waals surface area contributed by atoms with E-state index in [9.17, 15) is 0 Å². The predicted molar refractivity (Wildman–Crippen MR) is 151 cm³/mol. The third-order valence-corrected chi connectivity index (χ3v) is 7.75. The molecule has 2 aromatic rings. The van der Waals surface area contributed by atoms with Gasteiger partial charge in [0, 0.05) is 17.9 Å². The van der Waals surface area contributed by atoms with Crippen molar-refractivity contribution in [2.24, 2.45) is 15.9 Å². The number of methoxy groups -OCH3 is 1. The van der Waals surface area contributed by atoms with E-state index < -0.39 is 0 Å². The molecule has 2 unspecified atom stereocenters. The van der Waals surface area contributed by atoms with Crippen molar-refractivity contribution in [3.8, 4) is 16.9 Å². The maximum absolute atomic E-state index is 6.34. The lowest BCUT2D eigenvalue weighted by molar-refractivity contribution is 0.407. The highest BCUT2D eigenvalue weighted by Crippen LogP contribution is 2.44. The first kappa shape index (κ1) is 25.7. The average Bonchev–Trinajstić information content (AvgIpc) is 3.16. The molecule has 4 rings (SSSR count). The zero-order valence-electron chi connectivity index (χ0n) is 21.1. The summed E-state index contributed by atoms with van der Waals surface area (Å²) in [5, 5.41) is 0.621. The van der Waals surface area contributed by atoms with Gasteiger partial charge in [-0.15, -0.1) is 0 Å². The summed E-state index contributed by atoms with van der Waals surface area (Å²) in [4.78, 5) is 8.92. The lowest BCUT2D eigenvalue weighted by atomic mass is 9.85. The molecule has 0 spiro atoms. The van der Waals surface area contributed by atoms with Crippen LogP contribution in [0.3, 0.4) is 0 Å². The van der Waals surface area contributed by atoms with Gasteiger partial charge in [-0.25, -0.2) is 9.98 Å². The number of amidine groups is 1. The van der Waals surface area contributed by atoms with Crippen molar-refractivity contribution in [2.75, 3.05) is 7.11 Å². The highest BCUT2D eigenvalue weighted by atomic mass is 35.5. The Morgan fingerprint density at radius 2 is 1.77 bits per heavy atom. The Labute approximate surface area is 219 Å². The van der Waals surface area contributed by atoms with Crippen molar-refractivity contribution in [3.63, 3.8) is 0 Å². The zero-order chi connectivity index (χ0) is 24.9. The Balaban J connectivity index is 1.75. The Morgan fingerprint density at radius 1 is 1.03 bits per heavy atom. The molecule has 3 nitrogen and oxygen atoms in total. The maximum Gasteiger partial charge on any atom is 0.224 e. The van der Waals surface area contributed by atoms with Crippen LogP contribution in [0.1, 0.15) is 76.3 Å². The average molecular weight is 510 g/mol. The van der Waals surface area contributed by atoms with Gasteiger partial charge >= 0.3 is 0 Å². The van der Waals surface area contributed by atoms with E-state index in [2.05, 4.69) is 60.2 Å². The summed E-state index contributed by atoms with van der Waals surface area (Å²) in [6.07, 6.45) is 9.21. The van der Waals surface area contributed by atoms with Crippen LogP contribution in [0.2, 0.25) is 0 Å². The van der Waals surface area contributed by atoms with Crippen LogP contribution >= 0.6 is 23.2 Å². The molecule has 0 amide bonds. The number of aliphatic imine (C=N–C) groups is 2. The summed E-state index contributed by atoms with van der Waals surface area (Å²) in [6.45, 7) is 6.58. The van der Waals surface area contributed by atoms with Crippen LogP contribution in [0.4, 0.5) is 0 Å². The number of allylic oxidation sites excluding steroid dienone is 3. The van der Waals surface area contributed by atoms with Crippen molar-refractivity contribution in [1.82, 2.24) is 0 Å². The number of fused-ring (bicyclic) bond motifs is 1. The zero-order valence-corrected chi connectivity index (χ0v) is 22.6. The van der Waals surface area contributed by atoms with Gasteiger partial charge in [-0.1, -0.05) is 81.5 Å². The van der Waals surface area contributed by atoms with E-state index in [1.165, 1.54) is 42.4 Å². The van der Waals surface area contributed by atoms with Crippen LogP contribution in [0.25, 0.3) is 16.7 Å². The minimum absolute atomic E-state index is 0.188. The van der Waals surface area contributed by atoms with E-state index in [1.807, 2.05) is 19.1 Å². The SMILES string of the molecule is CCCCC(CC)CC1C=C(C2=NC(Cl)=NC(Cl)=C(C)C2)c2cc(-c3ccc(OC)cc3)ccc21. The molecular formula is C30H34Cl2N2O. The lowest BCUT2D eigenvalue weighted by Gasteiger charge is -2.19. The van der Waals surface area contributed by atoms with Gasteiger partial charge in [-0.05, 0) is 76.9 Å². The second kappa shape index (κ2) is 11.6. The fourth-order valence-electron chi connectivity index (χ4n) is 5.08. The molecule has 0 radical (unpaired) electrons. The molecule has 1 aliphatic carbocycles. The van der Waals surface area contributed by atoms with E-state index in [0.717, 1.165) is 34.6 Å². The number of hydrogen-bond acceptors (Lipinski definition) is 3.